The summed E-state index contributed by atoms with van der Waals surface area (Å²) in [5.41, 5.74) is 0.853. The first kappa shape index (κ1) is 16.5. The van der Waals surface area contributed by atoms with Crippen molar-refractivity contribution >= 4 is 23.2 Å². The topological polar surface area (TPSA) is 30.5 Å². The van der Waals surface area contributed by atoms with Gasteiger partial charge in [-0.05, 0) is 29.8 Å². The van der Waals surface area contributed by atoms with Crippen molar-refractivity contribution in [2.45, 2.75) is 12.2 Å². The lowest BCUT2D eigenvalue weighted by Crippen LogP contribution is -2.43. The van der Waals surface area contributed by atoms with Gasteiger partial charge in [0.1, 0.15) is 17.7 Å². The van der Waals surface area contributed by atoms with Crippen LogP contribution in [0.25, 0.3) is 0 Å². The van der Waals surface area contributed by atoms with Gasteiger partial charge in [0, 0.05) is 24.2 Å². The molecule has 2 atom stereocenters. The molecule has 2 aromatic rings. The van der Waals surface area contributed by atoms with E-state index in [4.69, 9.17) is 32.7 Å². The summed E-state index contributed by atoms with van der Waals surface area (Å²) in [5, 5.41) is 4.22. The Hall–Kier alpha value is -1.33. The Balaban J connectivity index is 1.92. The molecule has 0 saturated carbocycles. The molecule has 122 valence electrons. The van der Waals surface area contributed by atoms with Crippen LogP contribution >= 0.6 is 23.2 Å². The monoisotopic (exact) mass is 355 g/mol. The zero-order chi connectivity index (χ0) is 16.2. The van der Waals surface area contributed by atoms with Crippen molar-refractivity contribution in [3.05, 3.63) is 63.9 Å². The van der Waals surface area contributed by atoms with Crippen molar-refractivity contribution < 1.29 is 13.9 Å². The van der Waals surface area contributed by atoms with Crippen LogP contribution in [0.3, 0.4) is 0 Å². The second-order valence-electron chi connectivity index (χ2n) is 5.28. The van der Waals surface area contributed by atoms with Crippen LogP contribution in [-0.2, 0) is 4.74 Å². The van der Waals surface area contributed by atoms with Gasteiger partial charge >= 0.3 is 0 Å². The summed E-state index contributed by atoms with van der Waals surface area (Å²) < 4.78 is 25.3. The highest BCUT2D eigenvalue weighted by atomic mass is 35.5. The van der Waals surface area contributed by atoms with Crippen molar-refractivity contribution in [2.75, 3.05) is 19.7 Å². The number of rotatable bonds is 4. The third kappa shape index (κ3) is 4.15. The van der Waals surface area contributed by atoms with Crippen LogP contribution in [0.1, 0.15) is 11.7 Å². The third-order valence-corrected chi connectivity index (χ3v) is 4.17. The molecule has 1 unspecified atom stereocenters. The fourth-order valence-corrected chi connectivity index (χ4v) is 2.89. The van der Waals surface area contributed by atoms with Crippen LogP contribution in [0.2, 0.25) is 10.0 Å². The Bertz CT molecular complexity index is 677. The Morgan fingerprint density at radius 3 is 2.83 bits per heavy atom. The molecule has 23 heavy (non-hydrogen) atoms. The zero-order valence-corrected chi connectivity index (χ0v) is 13.8. The van der Waals surface area contributed by atoms with E-state index in [1.807, 2.05) is 18.2 Å². The summed E-state index contributed by atoms with van der Waals surface area (Å²) in [5.74, 6) is -0.122. The summed E-state index contributed by atoms with van der Waals surface area (Å²) >= 11 is 12.2. The largest absolute Gasteiger partial charge is 0.481 e. The van der Waals surface area contributed by atoms with Gasteiger partial charge in [-0.2, -0.15) is 0 Å². The van der Waals surface area contributed by atoms with Crippen LogP contribution in [0, 0.1) is 5.82 Å². The third-order valence-electron chi connectivity index (χ3n) is 3.62. The van der Waals surface area contributed by atoms with E-state index in [9.17, 15) is 4.39 Å². The highest BCUT2D eigenvalue weighted by Crippen LogP contribution is 2.33. The van der Waals surface area contributed by atoms with Gasteiger partial charge in [-0.15, -0.1) is 0 Å². The van der Waals surface area contributed by atoms with Crippen molar-refractivity contribution in [3.63, 3.8) is 0 Å². The van der Waals surface area contributed by atoms with E-state index in [2.05, 4.69) is 5.32 Å². The molecule has 1 heterocycles. The summed E-state index contributed by atoms with van der Waals surface area (Å²) in [7, 11) is 0. The van der Waals surface area contributed by atoms with E-state index < -0.39 is 11.9 Å². The van der Waals surface area contributed by atoms with E-state index in [0.717, 1.165) is 12.1 Å². The Labute approximate surface area is 144 Å². The van der Waals surface area contributed by atoms with Crippen molar-refractivity contribution in [2.24, 2.45) is 0 Å². The lowest BCUT2D eigenvalue weighted by molar-refractivity contribution is -0.0432. The molecule has 0 amide bonds. The molecular weight excluding hydrogens is 340 g/mol. The molecule has 2 aromatic carbocycles. The molecule has 0 aliphatic carbocycles. The lowest BCUT2D eigenvalue weighted by atomic mass is 10.0. The highest BCUT2D eigenvalue weighted by molar-refractivity contribution is 6.32. The van der Waals surface area contributed by atoms with E-state index in [-0.39, 0.29) is 11.9 Å². The molecule has 3 nitrogen and oxygen atoms in total. The number of morpholine rings is 1. The van der Waals surface area contributed by atoms with Crippen LogP contribution < -0.4 is 10.1 Å². The van der Waals surface area contributed by atoms with Gasteiger partial charge in [-0.3, -0.25) is 0 Å². The van der Waals surface area contributed by atoms with Crippen molar-refractivity contribution in [3.8, 4) is 5.75 Å². The van der Waals surface area contributed by atoms with Gasteiger partial charge in [0.15, 0.2) is 6.10 Å². The predicted molar refractivity (Wildman–Crippen MR) is 88.8 cm³/mol. The summed E-state index contributed by atoms with van der Waals surface area (Å²) in [4.78, 5) is 0. The van der Waals surface area contributed by atoms with Crippen molar-refractivity contribution in [1.82, 2.24) is 5.32 Å². The van der Waals surface area contributed by atoms with E-state index in [1.165, 1.54) is 18.2 Å². The maximum Gasteiger partial charge on any atom is 0.151 e. The fraction of sp³-hybridized carbons (Fsp3) is 0.294. The summed E-state index contributed by atoms with van der Waals surface area (Å²) in [6.07, 6.45) is -0.664. The minimum atomic E-state index is -0.444. The molecule has 1 N–H and O–H groups in total. The molecule has 1 aliphatic rings. The van der Waals surface area contributed by atoms with Crippen LogP contribution in [0.5, 0.6) is 5.75 Å². The second-order valence-corrected chi connectivity index (χ2v) is 6.13. The fourth-order valence-electron chi connectivity index (χ4n) is 2.53. The molecule has 1 fully saturated rings. The quantitative estimate of drug-likeness (QED) is 0.889. The summed E-state index contributed by atoms with van der Waals surface area (Å²) in [6.45, 7) is 2.01. The SMILES string of the molecule is Fc1ccc(Cl)c(OC(c2cccc(Cl)c2)[C@@H]2CNCCO2)c1. The van der Waals surface area contributed by atoms with E-state index in [0.29, 0.717) is 23.2 Å². The first-order valence-electron chi connectivity index (χ1n) is 7.33. The lowest BCUT2D eigenvalue weighted by Gasteiger charge is -2.32. The molecule has 0 aromatic heterocycles. The number of nitrogens with one attached hydrogen (secondary N) is 1. The molecule has 1 aliphatic heterocycles. The first-order valence-corrected chi connectivity index (χ1v) is 8.08. The Morgan fingerprint density at radius 2 is 2.09 bits per heavy atom. The molecule has 0 spiro atoms. The molecule has 1 saturated heterocycles. The van der Waals surface area contributed by atoms with E-state index >= 15 is 0 Å². The molecule has 0 radical (unpaired) electrons. The summed E-state index contributed by atoms with van der Waals surface area (Å²) in [6, 6.07) is 11.4. The molecule has 0 bridgehead atoms. The Kier molecular flexibility index (Phi) is 5.38. The van der Waals surface area contributed by atoms with Crippen LogP contribution in [0.4, 0.5) is 4.39 Å². The second kappa shape index (κ2) is 7.49. The number of hydrogen-bond acceptors (Lipinski definition) is 3. The zero-order valence-electron chi connectivity index (χ0n) is 12.3. The number of hydrogen-bond donors (Lipinski definition) is 1. The molecular formula is C17H16Cl2FNO2. The van der Waals surface area contributed by atoms with Crippen molar-refractivity contribution in [1.29, 1.82) is 0 Å². The van der Waals surface area contributed by atoms with Crippen LogP contribution in [0.15, 0.2) is 42.5 Å². The molecule has 3 rings (SSSR count). The normalized spacial score (nSPS) is 19.3. The average molecular weight is 356 g/mol. The smallest absolute Gasteiger partial charge is 0.151 e. The highest BCUT2D eigenvalue weighted by Gasteiger charge is 2.28. The van der Waals surface area contributed by atoms with Gasteiger partial charge in [-0.1, -0.05) is 35.3 Å². The molecule has 6 heteroatoms. The number of benzene rings is 2. The van der Waals surface area contributed by atoms with Gasteiger partial charge in [-0.25, -0.2) is 4.39 Å². The van der Waals surface area contributed by atoms with Gasteiger partial charge in [0.2, 0.25) is 0 Å². The minimum absolute atomic E-state index is 0.221. The van der Waals surface area contributed by atoms with Gasteiger partial charge < -0.3 is 14.8 Å². The van der Waals surface area contributed by atoms with Gasteiger partial charge in [0.25, 0.3) is 0 Å². The number of ether oxygens (including phenoxy) is 2. The first-order chi connectivity index (χ1) is 11.1. The maximum atomic E-state index is 13.5. The average Bonchev–Trinajstić information content (AvgIpc) is 2.56. The van der Waals surface area contributed by atoms with E-state index in [1.54, 1.807) is 6.07 Å². The van der Waals surface area contributed by atoms with Crippen LogP contribution in [-0.4, -0.2) is 25.8 Å². The Morgan fingerprint density at radius 1 is 1.22 bits per heavy atom. The number of halogens is 3. The predicted octanol–water partition coefficient (Wildman–Crippen LogP) is 4.24. The standard InChI is InChI=1S/C17H16Cl2FNO2/c18-12-3-1-2-11(8-12)17(16-10-21-6-7-22-16)23-15-9-13(20)4-5-14(15)19/h1-5,8-9,16-17,21H,6-7,10H2/t16-,17?/m0/s1. The maximum absolute atomic E-state index is 13.5. The minimum Gasteiger partial charge on any atom is -0.481 e. The van der Waals surface area contributed by atoms with Gasteiger partial charge in [0.05, 0.1) is 11.6 Å².